The van der Waals surface area contributed by atoms with Crippen LogP contribution in [0.3, 0.4) is 0 Å². The molecule has 1 aliphatic rings. The second-order valence-electron chi connectivity index (χ2n) is 6.11. The molecule has 1 aliphatic heterocycles. The lowest BCUT2D eigenvalue weighted by Crippen LogP contribution is -2.46. The molecular weight excluding hydrogens is 354 g/mol. The minimum Gasteiger partial charge on any atom is -0.472 e. The molecule has 2 amide bonds. The highest BCUT2D eigenvalue weighted by Gasteiger charge is 2.26. The van der Waals surface area contributed by atoms with Crippen LogP contribution in [-0.4, -0.2) is 41.0 Å². The topological polar surface area (TPSA) is 88.6 Å². The molecule has 4 rings (SSSR count). The molecule has 134 valence electrons. The van der Waals surface area contributed by atoms with Gasteiger partial charge < -0.3 is 19.2 Å². The van der Waals surface area contributed by atoms with Crippen molar-refractivity contribution in [2.75, 3.05) is 13.1 Å². The zero-order chi connectivity index (χ0) is 17.9. The Morgan fingerprint density at radius 2 is 2.12 bits per heavy atom. The van der Waals surface area contributed by atoms with E-state index >= 15 is 0 Å². The summed E-state index contributed by atoms with van der Waals surface area (Å²) >= 11 is 1.53. The fourth-order valence-electron chi connectivity index (χ4n) is 2.97. The van der Waals surface area contributed by atoms with E-state index in [1.165, 1.54) is 23.9 Å². The summed E-state index contributed by atoms with van der Waals surface area (Å²) in [5.41, 5.74) is 0.821. The van der Waals surface area contributed by atoms with Crippen LogP contribution in [0.4, 0.5) is 0 Å². The summed E-state index contributed by atoms with van der Waals surface area (Å²) in [6.07, 6.45) is 4.34. The number of piperidine rings is 1. The van der Waals surface area contributed by atoms with Gasteiger partial charge in [-0.25, -0.2) is 0 Å². The van der Waals surface area contributed by atoms with Crippen LogP contribution in [-0.2, 0) is 0 Å². The molecule has 3 aromatic heterocycles. The lowest BCUT2D eigenvalue weighted by molar-refractivity contribution is 0.0697. The van der Waals surface area contributed by atoms with Crippen LogP contribution in [0.25, 0.3) is 10.6 Å². The molecule has 4 heterocycles. The molecule has 8 heteroatoms. The average molecular weight is 371 g/mol. The van der Waals surface area contributed by atoms with Gasteiger partial charge in [-0.05, 0) is 30.4 Å². The maximum atomic E-state index is 12.4. The van der Waals surface area contributed by atoms with Gasteiger partial charge in [-0.3, -0.25) is 9.59 Å². The molecule has 0 saturated carbocycles. The van der Waals surface area contributed by atoms with Crippen molar-refractivity contribution in [2.24, 2.45) is 0 Å². The van der Waals surface area contributed by atoms with E-state index < -0.39 is 0 Å². The number of nitrogens with one attached hydrogen (secondary N) is 1. The van der Waals surface area contributed by atoms with Crippen molar-refractivity contribution in [3.05, 3.63) is 53.4 Å². The maximum Gasteiger partial charge on any atom is 0.273 e. The number of furan rings is 1. The summed E-state index contributed by atoms with van der Waals surface area (Å²) < 4.78 is 10.2. The van der Waals surface area contributed by atoms with E-state index in [1.807, 2.05) is 17.5 Å². The van der Waals surface area contributed by atoms with Crippen LogP contribution in [0.15, 0.2) is 51.1 Å². The molecule has 0 atom stereocenters. The highest BCUT2D eigenvalue weighted by Crippen LogP contribution is 2.25. The van der Waals surface area contributed by atoms with Gasteiger partial charge in [0.15, 0.2) is 11.5 Å². The van der Waals surface area contributed by atoms with Gasteiger partial charge in [-0.1, -0.05) is 11.2 Å². The van der Waals surface area contributed by atoms with E-state index in [2.05, 4.69) is 10.5 Å². The molecular formula is C18H17N3O4S. The first kappa shape index (κ1) is 16.6. The number of carbonyl (C=O) groups is 2. The summed E-state index contributed by atoms with van der Waals surface area (Å²) in [4.78, 5) is 27.4. The van der Waals surface area contributed by atoms with Crippen molar-refractivity contribution in [1.82, 2.24) is 15.4 Å². The number of hydrogen-bond donors (Lipinski definition) is 1. The average Bonchev–Trinajstić information content (AvgIpc) is 3.43. The summed E-state index contributed by atoms with van der Waals surface area (Å²) in [6, 6.07) is 7.16. The molecule has 1 N–H and O–H groups in total. The standard InChI is InChI=1S/C18H17N3O4S/c22-17(14-10-15(25-20-14)16-2-1-9-26-16)19-13-3-6-21(7-4-13)18(23)12-5-8-24-11-12/h1-2,5,8-11,13H,3-4,6-7H2,(H,19,22). The summed E-state index contributed by atoms with van der Waals surface area (Å²) in [5, 5.41) is 8.77. The van der Waals surface area contributed by atoms with Crippen molar-refractivity contribution >= 4 is 23.2 Å². The van der Waals surface area contributed by atoms with Crippen molar-refractivity contribution in [3.63, 3.8) is 0 Å². The highest BCUT2D eigenvalue weighted by atomic mass is 32.1. The number of likely N-dealkylation sites (tertiary alicyclic amines) is 1. The number of amides is 2. The van der Waals surface area contributed by atoms with E-state index in [0.29, 0.717) is 37.3 Å². The predicted octanol–water partition coefficient (Wildman–Crippen LogP) is 3.03. The molecule has 0 unspecified atom stereocenters. The molecule has 3 aromatic rings. The largest absolute Gasteiger partial charge is 0.472 e. The van der Waals surface area contributed by atoms with E-state index in [9.17, 15) is 9.59 Å². The van der Waals surface area contributed by atoms with Crippen molar-refractivity contribution in [1.29, 1.82) is 0 Å². The number of rotatable bonds is 4. The molecule has 7 nitrogen and oxygen atoms in total. The van der Waals surface area contributed by atoms with Crippen molar-refractivity contribution in [3.8, 4) is 10.6 Å². The molecule has 26 heavy (non-hydrogen) atoms. The summed E-state index contributed by atoms with van der Waals surface area (Å²) in [6.45, 7) is 1.18. The zero-order valence-corrected chi connectivity index (χ0v) is 14.7. The monoisotopic (exact) mass is 371 g/mol. The van der Waals surface area contributed by atoms with E-state index in [0.717, 1.165) is 4.88 Å². The van der Waals surface area contributed by atoms with Gasteiger partial charge in [-0.2, -0.15) is 0 Å². The molecule has 0 aliphatic carbocycles. The smallest absolute Gasteiger partial charge is 0.273 e. The summed E-state index contributed by atoms with van der Waals surface area (Å²) in [5.74, 6) is 0.294. The number of thiophene rings is 1. The number of nitrogens with zero attached hydrogens (tertiary/aromatic N) is 2. The quantitative estimate of drug-likeness (QED) is 0.761. The number of hydrogen-bond acceptors (Lipinski definition) is 6. The normalized spacial score (nSPS) is 15.2. The SMILES string of the molecule is O=C(NC1CCN(C(=O)c2ccoc2)CC1)c1cc(-c2cccs2)on1. The Balaban J connectivity index is 1.31. The number of aromatic nitrogens is 1. The van der Waals surface area contributed by atoms with Gasteiger partial charge in [0.1, 0.15) is 6.26 Å². The molecule has 1 saturated heterocycles. The Morgan fingerprint density at radius 3 is 2.81 bits per heavy atom. The van der Waals surface area contributed by atoms with Crippen molar-refractivity contribution in [2.45, 2.75) is 18.9 Å². The lowest BCUT2D eigenvalue weighted by Gasteiger charge is -2.32. The second-order valence-corrected chi connectivity index (χ2v) is 7.05. The van der Waals surface area contributed by atoms with Crippen LogP contribution in [0.1, 0.15) is 33.7 Å². The molecule has 1 fully saturated rings. The Bertz CT molecular complexity index is 878. The van der Waals surface area contributed by atoms with Crippen LogP contribution >= 0.6 is 11.3 Å². The third kappa shape index (κ3) is 3.41. The fraction of sp³-hybridized carbons (Fsp3) is 0.278. The van der Waals surface area contributed by atoms with Gasteiger partial charge in [0, 0.05) is 25.2 Å². The van der Waals surface area contributed by atoms with Crippen LogP contribution in [0.5, 0.6) is 0 Å². The highest BCUT2D eigenvalue weighted by molar-refractivity contribution is 7.13. The first-order valence-electron chi connectivity index (χ1n) is 8.33. The Kier molecular flexibility index (Phi) is 4.57. The van der Waals surface area contributed by atoms with Gasteiger partial charge in [0.2, 0.25) is 0 Å². The molecule has 0 radical (unpaired) electrons. The minimum atomic E-state index is -0.254. The van der Waals surface area contributed by atoms with Crippen molar-refractivity contribution < 1.29 is 18.5 Å². The first-order valence-corrected chi connectivity index (χ1v) is 9.21. The van der Waals surface area contributed by atoms with E-state index in [1.54, 1.807) is 17.0 Å². The van der Waals surface area contributed by atoms with E-state index in [-0.39, 0.29) is 23.6 Å². The predicted molar refractivity (Wildman–Crippen MR) is 94.9 cm³/mol. The molecule has 0 spiro atoms. The van der Waals surface area contributed by atoms with Gasteiger partial charge >= 0.3 is 0 Å². The van der Waals surface area contributed by atoms with Gasteiger partial charge in [-0.15, -0.1) is 11.3 Å². The minimum absolute atomic E-state index is 0.0118. The third-order valence-corrected chi connectivity index (χ3v) is 5.28. The van der Waals surface area contributed by atoms with E-state index in [4.69, 9.17) is 8.94 Å². The Hall–Kier alpha value is -2.87. The fourth-order valence-corrected chi connectivity index (χ4v) is 3.65. The Morgan fingerprint density at radius 1 is 1.27 bits per heavy atom. The van der Waals surface area contributed by atoms with Crippen LogP contribution in [0, 0.1) is 0 Å². The summed E-state index contributed by atoms with van der Waals surface area (Å²) in [7, 11) is 0. The number of carbonyl (C=O) groups excluding carboxylic acids is 2. The lowest BCUT2D eigenvalue weighted by atomic mass is 10.0. The van der Waals surface area contributed by atoms with Gasteiger partial charge in [0.25, 0.3) is 11.8 Å². The first-order chi connectivity index (χ1) is 12.7. The van der Waals surface area contributed by atoms with Crippen LogP contribution in [0.2, 0.25) is 0 Å². The Labute approximate surface area is 153 Å². The van der Waals surface area contributed by atoms with Gasteiger partial charge in [0.05, 0.1) is 16.7 Å². The second kappa shape index (κ2) is 7.17. The maximum absolute atomic E-state index is 12.4. The van der Waals surface area contributed by atoms with Crippen LogP contribution < -0.4 is 5.32 Å². The third-order valence-electron chi connectivity index (χ3n) is 4.39. The molecule has 0 aromatic carbocycles. The molecule has 0 bridgehead atoms. The zero-order valence-electron chi connectivity index (χ0n) is 13.9.